The van der Waals surface area contributed by atoms with Crippen molar-refractivity contribution in [3.8, 4) is 0 Å². The van der Waals surface area contributed by atoms with E-state index in [-0.39, 0.29) is 16.9 Å². The maximum atomic E-state index is 12.6. The second-order valence-corrected chi connectivity index (χ2v) is 9.06. The van der Waals surface area contributed by atoms with Gasteiger partial charge in [0.25, 0.3) is 0 Å². The topological polar surface area (TPSA) is 87.7 Å². The Labute approximate surface area is 178 Å². The van der Waals surface area contributed by atoms with Gasteiger partial charge < -0.3 is 10.1 Å². The van der Waals surface area contributed by atoms with Gasteiger partial charge in [0.15, 0.2) is 0 Å². The summed E-state index contributed by atoms with van der Waals surface area (Å²) in [4.78, 5) is 14.0. The van der Waals surface area contributed by atoms with Crippen molar-refractivity contribution in [3.05, 3.63) is 60.2 Å². The molecule has 1 saturated heterocycles. The zero-order valence-electron chi connectivity index (χ0n) is 17.2. The minimum absolute atomic E-state index is 0.00650. The molecule has 2 N–H and O–H groups in total. The molecule has 2 aromatic carbocycles. The van der Waals surface area contributed by atoms with Crippen LogP contribution in [0.4, 0.5) is 5.69 Å². The first kappa shape index (κ1) is 22.4. The lowest BCUT2D eigenvalue weighted by Crippen LogP contribution is -2.42. The fourth-order valence-corrected chi connectivity index (χ4v) is 4.39. The molecule has 3 rings (SSSR count). The molecule has 1 heterocycles. The van der Waals surface area contributed by atoms with E-state index in [1.807, 2.05) is 37.3 Å². The largest absolute Gasteiger partial charge is 0.371 e. The van der Waals surface area contributed by atoms with Gasteiger partial charge in [0.1, 0.15) is 0 Å². The van der Waals surface area contributed by atoms with Crippen LogP contribution in [0.5, 0.6) is 0 Å². The molecule has 0 aromatic heterocycles. The van der Waals surface area contributed by atoms with E-state index >= 15 is 0 Å². The van der Waals surface area contributed by atoms with Crippen molar-refractivity contribution in [2.45, 2.75) is 30.8 Å². The van der Waals surface area contributed by atoms with Crippen LogP contribution in [0.15, 0.2) is 59.5 Å². The first-order chi connectivity index (χ1) is 14.5. The molecular formula is C22H29N3O4S. The summed E-state index contributed by atoms with van der Waals surface area (Å²) < 4.78 is 33.6. The zero-order valence-corrected chi connectivity index (χ0v) is 18.0. The predicted octanol–water partition coefficient (Wildman–Crippen LogP) is 2.78. The Hall–Kier alpha value is -2.26. The minimum atomic E-state index is -3.60. The highest BCUT2D eigenvalue weighted by atomic mass is 32.2. The summed E-state index contributed by atoms with van der Waals surface area (Å²) in [7, 11) is -3.60. The molecule has 30 heavy (non-hydrogen) atoms. The molecule has 162 valence electrons. The molecule has 0 spiro atoms. The quantitative estimate of drug-likeness (QED) is 0.638. The molecule has 1 amide bonds. The van der Waals surface area contributed by atoms with Crippen molar-refractivity contribution >= 4 is 21.6 Å². The summed E-state index contributed by atoms with van der Waals surface area (Å²) in [6, 6.07) is 16.3. The van der Waals surface area contributed by atoms with Crippen molar-refractivity contribution in [1.82, 2.24) is 9.62 Å². The molecule has 1 atom stereocenters. The fourth-order valence-electron chi connectivity index (χ4n) is 3.36. The number of rotatable bonds is 9. The summed E-state index contributed by atoms with van der Waals surface area (Å²) in [5, 5.41) is 2.75. The van der Waals surface area contributed by atoms with Crippen LogP contribution in [0.3, 0.4) is 0 Å². The molecule has 8 heteroatoms. The summed E-state index contributed by atoms with van der Waals surface area (Å²) in [5.41, 5.74) is 1.72. The van der Waals surface area contributed by atoms with Gasteiger partial charge in [0.05, 0.1) is 17.6 Å². The number of ether oxygens (including phenoxy) is 1. The van der Waals surface area contributed by atoms with E-state index in [1.54, 1.807) is 12.1 Å². The summed E-state index contributed by atoms with van der Waals surface area (Å²) in [6.07, 6.45) is 1.21. The third kappa shape index (κ3) is 6.37. The Bertz CT molecular complexity index is 917. The lowest BCUT2D eigenvalue weighted by Gasteiger charge is -2.33. The van der Waals surface area contributed by atoms with Crippen LogP contribution in [-0.2, 0) is 19.6 Å². The normalized spacial score (nSPS) is 17.6. The SMILES string of the molecule is CCCC(=O)Nc1ccc(S(=O)(=O)NCCN2CCO[C@@H](c3ccccc3)C2)cc1. The van der Waals surface area contributed by atoms with Gasteiger partial charge in [0, 0.05) is 38.3 Å². The zero-order chi connectivity index (χ0) is 21.4. The van der Waals surface area contributed by atoms with Gasteiger partial charge in [0.2, 0.25) is 15.9 Å². The number of nitrogens with one attached hydrogen (secondary N) is 2. The smallest absolute Gasteiger partial charge is 0.240 e. The van der Waals surface area contributed by atoms with Gasteiger partial charge in [-0.1, -0.05) is 37.3 Å². The fraction of sp³-hybridized carbons (Fsp3) is 0.409. The molecular weight excluding hydrogens is 402 g/mol. The Morgan fingerprint density at radius 2 is 1.87 bits per heavy atom. The number of benzene rings is 2. The monoisotopic (exact) mass is 431 g/mol. The second-order valence-electron chi connectivity index (χ2n) is 7.29. The third-order valence-electron chi connectivity index (χ3n) is 4.97. The molecule has 1 aliphatic rings. The summed E-state index contributed by atoms with van der Waals surface area (Å²) in [6.45, 7) is 4.99. The number of nitrogens with zero attached hydrogens (tertiary/aromatic N) is 1. The molecule has 0 saturated carbocycles. The van der Waals surface area contributed by atoms with Crippen molar-refractivity contribution in [2.75, 3.05) is 38.1 Å². The molecule has 1 fully saturated rings. The third-order valence-corrected chi connectivity index (χ3v) is 6.44. The lowest BCUT2D eigenvalue weighted by atomic mass is 10.1. The van der Waals surface area contributed by atoms with E-state index in [0.29, 0.717) is 31.8 Å². The van der Waals surface area contributed by atoms with Crippen LogP contribution in [0.1, 0.15) is 31.4 Å². The van der Waals surface area contributed by atoms with E-state index in [9.17, 15) is 13.2 Å². The van der Waals surface area contributed by atoms with Gasteiger partial charge in [-0.15, -0.1) is 0 Å². The summed E-state index contributed by atoms with van der Waals surface area (Å²) >= 11 is 0. The number of amides is 1. The highest BCUT2D eigenvalue weighted by molar-refractivity contribution is 7.89. The number of morpholine rings is 1. The van der Waals surface area contributed by atoms with Crippen LogP contribution >= 0.6 is 0 Å². The molecule has 7 nitrogen and oxygen atoms in total. The number of sulfonamides is 1. The molecule has 0 unspecified atom stereocenters. The average molecular weight is 432 g/mol. The summed E-state index contributed by atoms with van der Waals surface area (Å²) in [5.74, 6) is -0.0782. The second kappa shape index (κ2) is 10.7. The van der Waals surface area contributed by atoms with Gasteiger partial charge in [-0.3, -0.25) is 9.69 Å². The maximum absolute atomic E-state index is 12.6. The van der Waals surface area contributed by atoms with E-state index in [1.165, 1.54) is 12.1 Å². The number of carbonyl (C=O) groups excluding carboxylic acids is 1. The predicted molar refractivity (Wildman–Crippen MR) is 117 cm³/mol. The molecule has 0 bridgehead atoms. The van der Waals surface area contributed by atoms with Gasteiger partial charge in [-0.05, 0) is 36.2 Å². The molecule has 0 aliphatic carbocycles. The van der Waals surface area contributed by atoms with Gasteiger partial charge in [-0.25, -0.2) is 13.1 Å². The Kier molecular flexibility index (Phi) is 7.98. The van der Waals surface area contributed by atoms with Crippen molar-refractivity contribution in [1.29, 1.82) is 0 Å². The van der Waals surface area contributed by atoms with E-state index < -0.39 is 10.0 Å². The van der Waals surface area contributed by atoms with Crippen LogP contribution in [-0.4, -0.2) is 52.0 Å². The van der Waals surface area contributed by atoms with E-state index in [0.717, 1.165) is 25.1 Å². The Balaban J connectivity index is 1.49. The van der Waals surface area contributed by atoms with Crippen molar-refractivity contribution in [3.63, 3.8) is 0 Å². The minimum Gasteiger partial charge on any atom is -0.371 e. The van der Waals surface area contributed by atoms with Crippen molar-refractivity contribution in [2.24, 2.45) is 0 Å². The molecule has 1 aliphatic heterocycles. The van der Waals surface area contributed by atoms with Crippen molar-refractivity contribution < 1.29 is 17.9 Å². The standard InChI is InChI=1S/C22H29N3O4S/c1-2-6-22(26)24-19-9-11-20(12-10-19)30(27,28)23-13-14-25-15-16-29-21(17-25)18-7-4-3-5-8-18/h3-5,7-12,21,23H,2,6,13-17H2,1H3,(H,24,26)/t21-/m1/s1. The van der Waals surface area contributed by atoms with E-state index in [4.69, 9.17) is 4.74 Å². The first-order valence-corrected chi connectivity index (χ1v) is 11.7. The lowest BCUT2D eigenvalue weighted by molar-refractivity contribution is -0.116. The molecule has 2 aromatic rings. The molecule has 0 radical (unpaired) electrons. The van der Waals surface area contributed by atoms with Gasteiger partial charge >= 0.3 is 0 Å². The number of anilines is 1. The highest BCUT2D eigenvalue weighted by Gasteiger charge is 2.22. The number of hydrogen-bond donors (Lipinski definition) is 2. The highest BCUT2D eigenvalue weighted by Crippen LogP contribution is 2.21. The Morgan fingerprint density at radius 1 is 1.13 bits per heavy atom. The average Bonchev–Trinajstić information content (AvgIpc) is 2.75. The van der Waals surface area contributed by atoms with Gasteiger partial charge in [-0.2, -0.15) is 0 Å². The van der Waals surface area contributed by atoms with Crippen LogP contribution in [0.25, 0.3) is 0 Å². The maximum Gasteiger partial charge on any atom is 0.240 e. The van der Waals surface area contributed by atoms with Crippen LogP contribution in [0, 0.1) is 0 Å². The van der Waals surface area contributed by atoms with Crippen LogP contribution in [0.2, 0.25) is 0 Å². The van der Waals surface area contributed by atoms with E-state index in [2.05, 4.69) is 14.9 Å². The number of hydrogen-bond acceptors (Lipinski definition) is 5. The Morgan fingerprint density at radius 3 is 2.57 bits per heavy atom. The van der Waals surface area contributed by atoms with Crippen LogP contribution < -0.4 is 10.0 Å². The first-order valence-electron chi connectivity index (χ1n) is 10.3. The number of carbonyl (C=O) groups is 1.